The van der Waals surface area contributed by atoms with Crippen LogP contribution in [0.4, 0.5) is 0 Å². The Morgan fingerprint density at radius 1 is 1.18 bits per heavy atom. The van der Waals surface area contributed by atoms with Crippen molar-refractivity contribution in [3.63, 3.8) is 0 Å². The van der Waals surface area contributed by atoms with Crippen LogP contribution in [-0.2, 0) is 16.1 Å². The molecular weight excluding hydrogens is 272 g/mol. The van der Waals surface area contributed by atoms with Crippen molar-refractivity contribution in [2.24, 2.45) is 5.92 Å². The first-order valence-corrected chi connectivity index (χ1v) is 8.62. The zero-order valence-corrected chi connectivity index (χ0v) is 13.9. The van der Waals surface area contributed by atoms with Crippen molar-refractivity contribution in [2.75, 3.05) is 7.11 Å². The van der Waals surface area contributed by atoms with Gasteiger partial charge in [-0.25, -0.2) is 0 Å². The van der Waals surface area contributed by atoms with Crippen molar-refractivity contribution in [3.8, 4) is 0 Å². The van der Waals surface area contributed by atoms with Gasteiger partial charge in [-0.1, -0.05) is 55.7 Å². The molecule has 0 heterocycles. The Morgan fingerprint density at radius 3 is 2.68 bits per heavy atom. The van der Waals surface area contributed by atoms with Gasteiger partial charge in [-0.3, -0.25) is 0 Å². The minimum atomic E-state index is 0.281. The third-order valence-electron chi connectivity index (χ3n) is 4.72. The van der Waals surface area contributed by atoms with E-state index >= 15 is 0 Å². The van der Waals surface area contributed by atoms with E-state index in [2.05, 4.69) is 36.9 Å². The molecule has 2 heteroatoms. The molecule has 3 atom stereocenters. The molecule has 0 amide bonds. The topological polar surface area (TPSA) is 18.5 Å². The van der Waals surface area contributed by atoms with Crippen molar-refractivity contribution in [1.82, 2.24) is 0 Å². The fraction of sp³-hybridized carbons (Fsp3) is 0.600. The normalized spacial score (nSPS) is 23.7. The zero-order chi connectivity index (χ0) is 15.6. The van der Waals surface area contributed by atoms with Crippen molar-refractivity contribution in [2.45, 2.75) is 63.8 Å². The Bertz CT molecular complexity index is 415. The average Bonchev–Trinajstić information content (AvgIpc) is 2.78. The molecule has 2 nitrogen and oxygen atoms in total. The fourth-order valence-corrected chi connectivity index (χ4v) is 3.43. The maximum absolute atomic E-state index is 6.30. The highest BCUT2D eigenvalue weighted by molar-refractivity contribution is 5.13. The molecule has 0 aromatic heterocycles. The van der Waals surface area contributed by atoms with Gasteiger partial charge in [0.1, 0.15) is 0 Å². The number of ether oxygens (including phenoxy) is 2. The summed E-state index contributed by atoms with van der Waals surface area (Å²) in [5.41, 5.74) is 1.26. The molecule has 0 bridgehead atoms. The van der Waals surface area contributed by atoms with Crippen LogP contribution in [0.15, 0.2) is 43.0 Å². The third kappa shape index (κ3) is 5.58. The standard InChI is InChI=1S/C20H30O2/c1-3-10-19(21-2)15-18-13-8-5-9-14-20(18)22-16-17-11-6-4-7-12-17/h3-4,6-7,11-12,18-20H,1,5,8-10,13-16H2,2H3/t18-,19-,20+/m1/s1. The maximum Gasteiger partial charge on any atom is 0.0720 e. The minimum absolute atomic E-state index is 0.281. The van der Waals surface area contributed by atoms with Gasteiger partial charge < -0.3 is 9.47 Å². The number of methoxy groups -OCH3 is 1. The van der Waals surface area contributed by atoms with E-state index < -0.39 is 0 Å². The van der Waals surface area contributed by atoms with Gasteiger partial charge in [0.15, 0.2) is 0 Å². The van der Waals surface area contributed by atoms with Gasteiger partial charge in [0.2, 0.25) is 0 Å². The number of rotatable bonds is 8. The molecular formula is C20H30O2. The van der Waals surface area contributed by atoms with Gasteiger partial charge in [0.05, 0.1) is 18.8 Å². The lowest BCUT2D eigenvalue weighted by molar-refractivity contribution is -0.0240. The first-order valence-electron chi connectivity index (χ1n) is 8.62. The molecule has 2 rings (SSSR count). The molecule has 0 unspecified atom stereocenters. The lowest BCUT2D eigenvalue weighted by Crippen LogP contribution is -2.27. The summed E-state index contributed by atoms with van der Waals surface area (Å²) in [6.45, 7) is 4.57. The van der Waals surface area contributed by atoms with Gasteiger partial charge >= 0.3 is 0 Å². The SMILES string of the molecule is C=CC[C@H](C[C@H]1CCCCC[C@@H]1OCc1ccccc1)OC. The van der Waals surface area contributed by atoms with Gasteiger partial charge in [-0.05, 0) is 37.2 Å². The predicted molar refractivity (Wildman–Crippen MR) is 91.8 cm³/mol. The Hall–Kier alpha value is -1.12. The summed E-state index contributed by atoms with van der Waals surface area (Å²) >= 11 is 0. The Morgan fingerprint density at radius 2 is 1.95 bits per heavy atom. The molecule has 0 radical (unpaired) electrons. The van der Waals surface area contributed by atoms with E-state index in [1.807, 2.05) is 13.2 Å². The lowest BCUT2D eigenvalue weighted by atomic mass is 9.90. The van der Waals surface area contributed by atoms with E-state index in [0.717, 1.165) is 19.4 Å². The van der Waals surface area contributed by atoms with Crippen LogP contribution in [0.3, 0.4) is 0 Å². The highest BCUT2D eigenvalue weighted by Gasteiger charge is 2.26. The maximum atomic E-state index is 6.30. The number of hydrogen-bond donors (Lipinski definition) is 0. The minimum Gasteiger partial charge on any atom is -0.381 e. The molecule has 1 aromatic carbocycles. The van der Waals surface area contributed by atoms with Gasteiger partial charge in [0.25, 0.3) is 0 Å². The molecule has 1 fully saturated rings. The van der Waals surface area contributed by atoms with Crippen molar-refractivity contribution in [1.29, 1.82) is 0 Å². The summed E-state index contributed by atoms with van der Waals surface area (Å²) in [7, 11) is 1.81. The Balaban J connectivity index is 1.93. The molecule has 0 N–H and O–H groups in total. The van der Waals surface area contributed by atoms with Gasteiger partial charge in [-0.15, -0.1) is 6.58 Å². The van der Waals surface area contributed by atoms with Crippen molar-refractivity contribution >= 4 is 0 Å². The highest BCUT2D eigenvalue weighted by atomic mass is 16.5. The quantitative estimate of drug-likeness (QED) is 0.489. The smallest absolute Gasteiger partial charge is 0.0720 e. The summed E-state index contributed by atoms with van der Waals surface area (Å²) in [5, 5.41) is 0. The predicted octanol–water partition coefficient (Wildman–Crippen LogP) is 5.13. The van der Waals surface area contributed by atoms with Gasteiger partial charge in [-0.2, -0.15) is 0 Å². The third-order valence-corrected chi connectivity index (χ3v) is 4.72. The second-order valence-electron chi connectivity index (χ2n) is 6.35. The van der Waals surface area contributed by atoms with Crippen LogP contribution in [0.2, 0.25) is 0 Å². The molecule has 0 spiro atoms. The van der Waals surface area contributed by atoms with Crippen LogP contribution in [0, 0.1) is 5.92 Å². The zero-order valence-electron chi connectivity index (χ0n) is 13.9. The average molecular weight is 302 g/mol. The molecule has 1 aliphatic carbocycles. The van der Waals surface area contributed by atoms with Crippen LogP contribution in [-0.4, -0.2) is 19.3 Å². The number of benzene rings is 1. The molecule has 122 valence electrons. The molecule has 1 aromatic rings. The lowest BCUT2D eigenvalue weighted by Gasteiger charge is -2.28. The Kier molecular flexibility index (Phi) is 7.68. The van der Waals surface area contributed by atoms with E-state index in [9.17, 15) is 0 Å². The van der Waals surface area contributed by atoms with E-state index in [1.165, 1.54) is 37.7 Å². The fourth-order valence-electron chi connectivity index (χ4n) is 3.43. The summed E-state index contributed by atoms with van der Waals surface area (Å²) in [6, 6.07) is 10.5. The van der Waals surface area contributed by atoms with Crippen molar-refractivity contribution in [3.05, 3.63) is 48.6 Å². The monoisotopic (exact) mass is 302 g/mol. The van der Waals surface area contributed by atoms with Crippen LogP contribution in [0.25, 0.3) is 0 Å². The van der Waals surface area contributed by atoms with Crippen LogP contribution < -0.4 is 0 Å². The summed E-state index contributed by atoms with van der Waals surface area (Å²) in [6.07, 6.45) is 11.0. The van der Waals surface area contributed by atoms with Crippen molar-refractivity contribution < 1.29 is 9.47 Å². The van der Waals surface area contributed by atoms with Crippen LogP contribution in [0.1, 0.15) is 50.5 Å². The number of hydrogen-bond acceptors (Lipinski definition) is 2. The van der Waals surface area contributed by atoms with E-state index in [0.29, 0.717) is 12.0 Å². The van der Waals surface area contributed by atoms with E-state index in [1.54, 1.807) is 0 Å². The van der Waals surface area contributed by atoms with E-state index in [-0.39, 0.29) is 6.10 Å². The first kappa shape index (κ1) is 17.2. The molecule has 0 aliphatic heterocycles. The van der Waals surface area contributed by atoms with Crippen LogP contribution >= 0.6 is 0 Å². The molecule has 22 heavy (non-hydrogen) atoms. The highest BCUT2D eigenvalue weighted by Crippen LogP contribution is 2.31. The largest absolute Gasteiger partial charge is 0.381 e. The first-order chi connectivity index (χ1) is 10.8. The summed E-state index contributed by atoms with van der Waals surface area (Å²) in [5.74, 6) is 0.608. The van der Waals surface area contributed by atoms with Gasteiger partial charge in [0, 0.05) is 7.11 Å². The molecule has 0 saturated heterocycles. The summed E-state index contributed by atoms with van der Waals surface area (Å²) < 4.78 is 11.9. The molecule has 1 aliphatic rings. The van der Waals surface area contributed by atoms with Crippen LogP contribution in [0.5, 0.6) is 0 Å². The Labute approximate surface area is 135 Å². The second-order valence-corrected chi connectivity index (χ2v) is 6.35. The molecule has 1 saturated carbocycles. The van der Waals surface area contributed by atoms with E-state index in [4.69, 9.17) is 9.47 Å². The summed E-state index contributed by atoms with van der Waals surface area (Å²) in [4.78, 5) is 0. The second kappa shape index (κ2) is 9.81.